The van der Waals surface area contributed by atoms with Gasteiger partial charge < -0.3 is 5.32 Å². The number of hydrogen-bond donors (Lipinski definition) is 1. The normalized spacial score (nSPS) is 12.6. The van der Waals surface area contributed by atoms with E-state index in [4.69, 9.17) is 0 Å². The van der Waals surface area contributed by atoms with E-state index in [1.807, 2.05) is 10.9 Å². The van der Waals surface area contributed by atoms with Crippen LogP contribution < -0.4 is 5.32 Å². The van der Waals surface area contributed by atoms with Crippen molar-refractivity contribution in [1.82, 2.24) is 15.1 Å². The van der Waals surface area contributed by atoms with Gasteiger partial charge in [-0.05, 0) is 65.7 Å². The zero-order valence-corrected chi connectivity index (χ0v) is 13.6. The van der Waals surface area contributed by atoms with E-state index in [1.165, 1.54) is 14.7 Å². The highest BCUT2D eigenvalue weighted by atomic mass is 127. The van der Waals surface area contributed by atoms with Crippen molar-refractivity contribution in [1.29, 1.82) is 0 Å². The van der Waals surface area contributed by atoms with Gasteiger partial charge in [0, 0.05) is 22.4 Å². The molecule has 0 saturated carbocycles. The first-order valence-electron chi connectivity index (χ1n) is 6.73. The third kappa shape index (κ3) is 4.04. The maximum atomic E-state index is 4.34. The number of likely N-dealkylation sites (N-methyl/N-ethyl adjacent to an activating group) is 1. The van der Waals surface area contributed by atoms with Crippen LogP contribution in [0.25, 0.3) is 0 Å². The molecule has 0 radical (unpaired) electrons. The Kier molecular flexibility index (Phi) is 5.39. The van der Waals surface area contributed by atoms with Gasteiger partial charge in [-0.3, -0.25) is 4.68 Å². The lowest BCUT2D eigenvalue weighted by molar-refractivity contribution is 0.549. The Morgan fingerprint density at radius 1 is 1.26 bits per heavy atom. The fourth-order valence-corrected chi connectivity index (χ4v) is 2.53. The molecule has 1 heterocycles. The van der Waals surface area contributed by atoms with Crippen LogP contribution in [0.15, 0.2) is 36.7 Å². The lowest BCUT2D eigenvalue weighted by Crippen LogP contribution is -2.22. The predicted molar refractivity (Wildman–Crippen MR) is 87.2 cm³/mol. The van der Waals surface area contributed by atoms with E-state index in [0.717, 1.165) is 19.5 Å². The van der Waals surface area contributed by atoms with E-state index in [2.05, 4.69) is 77.3 Å². The van der Waals surface area contributed by atoms with Crippen LogP contribution in [0.1, 0.15) is 31.0 Å². The van der Waals surface area contributed by atoms with Gasteiger partial charge >= 0.3 is 0 Å². The first kappa shape index (κ1) is 14.5. The Hall–Kier alpha value is -0.880. The lowest BCUT2D eigenvalue weighted by atomic mass is 10.0. The Morgan fingerprint density at radius 2 is 2.00 bits per heavy atom. The summed E-state index contributed by atoms with van der Waals surface area (Å²) in [6, 6.07) is 9.10. The molecular weight excluding hydrogens is 349 g/mol. The molecule has 0 aliphatic heterocycles. The molecule has 102 valence electrons. The molecule has 0 spiro atoms. The molecular formula is C15H20IN3. The molecule has 1 aromatic carbocycles. The van der Waals surface area contributed by atoms with Crippen molar-refractivity contribution in [2.75, 3.05) is 6.54 Å². The van der Waals surface area contributed by atoms with Crippen LogP contribution in [-0.4, -0.2) is 16.3 Å². The van der Waals surface area contributed by atoms with Crippen LogP contribution in [0.5, 0.6) is 0 Å². The fraction of sp³-hybridized carbons (Fsp3) is 0.400. The minimum atomic E-state index is 0.358. The van der Waals surface area contributed by atoms with Crippen molar-refractivity contribution in [3.05, 3.63) is 51.4 Å². The standard InChI is InChI=1S/C15H20IN3/c1-3-17-15(13-5-7-14(16)8-6-13)9-12-10-18-19(4-2)11-12/h5-8,10-11,15,17H,3-4,9H2,1-2H3. The second-order valence-electron chi connectivity index (χ2n) is 4.57. The van der Waals surface area contributed by atoms with Gasteiger partial charge in [-0.2, -0.15) is 5.10 Å². The average molecular weight is 369 g/mol. The second-order valence-corrected chi connectivity index (χ2v) is 5.82. The number of rotatable bonds is 6. The molecule has 1 N–H and O–H groups in total. The molecule has 0 aliphatic rings. The summed E-state index contributed by atoms with van der Waals surface area (Å²) in [6.45, 7) is 6.15. The highest BCUT2D eigenvalue weighted by Gasteiger charge is 2.12. The molecule has 0 aliphatic carbocycles. The quantitative estimate of drug-likeness (QED) is 0.791. The van der Waals surface area contributed by atoms with Gasteiger partial charge in [-0.25, -0.2) is 0 Å². The summed E-state index contributed by atoms with van der Waals surface area (Å²) >= 11 is 2.34. The van der Waals surface area contributed by atoms with E-state index < -0.39 is 0 Å². The van der Waals surface area contributed by atoms with Gasteiger partial charge in [0.1, 0.15) is 0 Å². The average Bonchev–Trinajstić information content (AvgIpc) is 2.87. The highest BCUT2D eigenvalue weighted by Crippen LogP contribution is 2.19. The number of benzene rings is 1. The van der Waals surface area contributed by atoms with Crippen LogP contribution in [0.2, 0.25) is 0 Å². The van der Waals surface area contributed by atoms with Gasteiger partial charge in [0.25, 0.3) is 0 Å². The Labute approximate surface area is 128 Å². The molecule has 4 heteroatoms. The summed E-state index contributed by atoms with van der Waals surface area (Å²) in [7, 11) is 0. The monoisotopic (exact) mass is 369 g/mol. The summed E-state index contributed by atoms with van der Waals surface area (Å²) in [5.74, 6) is 0. The predicted octanol–water partition coefficient (Wildman–Crippen LogP) is 3.40. The van der Waals surface area contributed by atoms with E-state index >= 15 is 0 Å². The smallest absolute Gasteiger partial charge is 0.0522 e. The summed E-state index contributed by atoms with van der Waals surface area (Å²) in [4.78, 5) is 0. The largest absolute Gasteiger partial charge is 0.310 e. The van der Waals surface area contributed by atoms with Gasteiger partial charge in [0.15, 0.2) is 0 Å². The number of aromatic nitrogens is 2. The molecule has 19 heavy (non-hydrogen) atoms. The minimum absolute atomic E-state index is 0.358. The Bertz CT molecular complexity index is 504. The minimum Gasteiger partial charge on any atom is -0.310 e. The lowest BCUT2D eigenvalue weighted by Gasteiger charge is -2.17. The van der Waals surface area contributed by atoms with Crippen molar-refractivity contribution in [3.63, 3.8) is 0 Å². The number of halogens is 1. The van der Waals surface area contributed by atoms with Crippen LogP contribution in [0.4, 0.5) is 0 Å². The topological polar surface area (TPSA) is 29.9 Å². The summed E-state index contributed by atoms with van der Waals surface area (Å²) in [6.07, 6.45) is 5.09. The third-order valence-corrected chi connectivity index (χ3v) is 3.89. The molecule has 0 bridgehead atoms. The zero-order valence-electron chi connectivity index (χ0n) is 11.4. The van der Waals surface area contributed by atoms with Gasteiger partial charge in [0.05, 0.1) is 6.20 Å². The van der Waals surface area contributed by atoms with Crippen molar-refractivity contribution in [2.24, 2.45) is 0 Å². The van der Waals surface area contributed by atoms with Crippen LogP contribution in [0.3, 0.4) is 0 Å². The van der Waals surface area contributed by atoms with Crippen molar-refractivity contribution >= 4 is 22.6 Å². The van der Waals surface area contributed by atoms with Crippen LogP contribution in [0, 0.1) is 3.57 Å². The summed E-state index contributed by atoms with van der Waals surface area (Å²) < 4.78 is 3.25. The second kappa shape index (κ2) is 7.05. The molecule has 1 unspecified atom stereocenters. The van der Waals surface area contributed by atoms with E-state index in [-0.39, 0.29) is 0 Å². The molecule has 0 saturated heterocycles. The molecule has 3 nitrogen and oxygen atoms in total. The molecule has 2 rings (SSSR count). The third-order valence-electron chi connectivity index (χ3n) is 3.17. The maximum Gasteiger partial charge on any atom is 0.0522 e. The van der Waals surface area contributed by atoms with Crippen LogP contribution in [-0.2, 0) is 13.0 Å². The van der Waals surface area contributed by atoms with Gasteiger partial charge in [-0.1, -0.05) is 19.1 Å². The van der Waals surface area contributed by atoms with Crippen molar-refractivity contribution in [3.8, 4) is 0 Å². The first-order valence-corrected chi connectivity index (χ1v) is 7.81. The SMILES string of the molecule is CCNC(Cc1cnn(CC)c1)c1ccc(I)cc1. The molecule has 0 fully saturated rings. The van der Waals surface area contributed by atoms with E-state index in [9.17, 15) is 0 Å². The molecule has 2 aromatic rings. The summed E-state index contributed by atoms with van der Waals surface area (Å²) in [5.41, 5.74) is 2.62. The number of nitrogens with zero attached hydrogens (tertiary/aromatic N) is 2. The number of hydrogen-bond acceptors (Lipinski definition) is 2. The first-order chi connectivity index (χ1) is 9.22. The van der Waals surface area contributed by atoms with E-state index in [1.54, 1.807) is 0 Å². The Balaban J connectivity index is 2.13. The van der Waals surface area contributed by atoms with Gasteiger partial charge in [-0.15, -0.1) is 0 Å². The van der Waals surface area contributed by atoms with Crippen molar-refractivity contribution in [2.45, 2.75) is 32.9 Å². The zero-order chi connectivity index (χ0) is 13.7. The highest BCUT2D eigenvalue weighted by molar-refractivity contribution is 14.1. The van der Waals surface area contributed by atoms with E-state index in [0.29, 0.717) is 6.04 Å². The summed E-state index contributed by atoms with van der Waals surface area (Å²) in [5, 5.41) is 7.90. The fourth-order valence-electron chi connectivity index (χ4n) is 2.17. The number of nitrogens with one attached hydrogen (secondary N) is 1. The number of aryl methyl sites for hydroxylation is 1. The van der Waals surface area contributed by atoms with Crippen LogP contribution >= 0.6 is 22.6 Å². The molecule has 1 aromatic heterocycles. The molecule has 0 amide bonds. The molecule has 1 atom stereocenters. The maximum absolute atomic E-state index is 4.34. The van der Waals surface area contributed by atoms with Gasteiger partial charge in [0.2, 0.25) is 0 Å². The Morgan fingerprint density at radius 3 is 2.58 bits per heavy atom. The van der Waals surface area contributed by atoms with Crippen molar-refractivity contribution < 1.29 is 0 Å².